The van der Waals surface area contributed by atoms with Crippen molar-refractivity contribution >= 4 is 63.4 Å². The van der Waals surface area contributed by atoms with Crippen LogP contribution in [0, 0.1) is 17.7 Å². The van der Waals surface area contributed by atoms with Gasteiger partial charge in [-0.2, -0.15) is 0 Å². The van der Waals surface area contributed by atoms with Crippen molar-refractivity contribution in [1.29, 1.82) is 0 Å². The number of fused-ring (bicyclic) bond motifs is 2. The van der Waals surface area contributed by atoms with Gasteiger partial charge >= 0.3 is 0 Å². The van der Waals surface area contributed by atoms with Gasteiger partial charge in [-0.1, -0.05) is 24.6 Å². The average molecular weight is 770 g/mol. The predicted octanol–water partition coefficient (Wildman–Crippen LogP) is 6.48. The van der Waals surface area contributed by atoms with Crippen molar-refractivity contribution in [3.05, 3.63) is 94.4 Å². The molecule has 1 aliphatic carbocycles. The van der Waals surface area contributed by atoms with Crippen LogP contribution in [-0.4, -0.2) is 71.8 Å². The van der Waals surface area contributed by atoms with Crippen molar-refractivity contribution in [3.8, 4) is 5.75 Å². The second-order valence-corrected chi connectivity index (χ2v) is 14.6. The molecule has 3 aliphatic rings. The van der Waals surface area contributed by atoms with Crippen molar-refractivity contribution in [2.24, 2.45) is 11.8 Å². The first-order chi connectivity index (χ1) is 26.6. The molecule has 12 nitrogen and oxygen atoms in total. The first-order valence-electron chi connectivity index (χ1n) is 18.5. The van der Waals surface area contributed by atoms with E-state index in [-0.39, 0.29) is 73.3 Å². The van der Waals surface area contributed by atoms with Gasteiger partial charge in [0.15, 0.2) is 0 Å². The van der Waals surface area contributed by atoms with Crippen molar-refractivity contribution < 1.29 is 37.8 Å². The van der Waals surface area contributed by atoms with Gasteiger partial charge in [0, 0.05) is 47.9 Å². The number of carbonyl (C=O) groups is 5. The minimum atomic E-state index is -1.04. The number of hydrogen-bond donors (Lipinski definition) is 3. The molecule has 2 aliphatic heterocycles. The normalized spacial score (nSPS) is 20.3. The van der Waals surface area contributed by atoms with E-state index >= 15 is 0 Å². The molecule has 1 saturated heterocycles. The lowest BCUT2D eigenvalue weighted by Crippen LogP contribution is -2.54. The molecule has 2 atom stereocenters. The largest absolute Gasteiger partial charge is 0.490 e. The maximum atomic E-state index is 14.0. The summed E-state index contributed by atoms with van der Waals surface area (Å²) in [5, 5.41) is 9.59. The molecule has 5 amide bonds. The number of rotatable bonds is 13. The van der Waals surface area contributed by atoms with Crippen LogP contribution in [0.15, 0.2) is 66.9 Å². The van der Waals surface area contributed by atoms with Crippen LogP contribution in [0.2, 0.25) is 5.02 Å². The highest BCUT2D eigenvalue weighted by Gasteiger charge is 2.45. The second-order valence-electron chi connectivity index (χ2n) is 14.2. The van der Waals surface area contributed by atoms with E-state index in [0.717, 1.165) is 47.0 Å². The van der Waals surface area contributed by atoms with Crippen molar-refractivity contribution in [1.82, 2.24) is 15.2 Å². The third-order valence-electron chi connectivity index (χ3n) is 10.8. The Balaban J connectivity index is 0.847. The molecule has 14 heteroatoms. The fourth-order valence-corrected chi connectivity index (χ4v) is 7.99. The zero-order chi connectivity index (χ0) is 38.6. The zero-order valence-corrected chi connectivity index (χ0v) is 31.0. The number of halogens is 2. The first-order valence-corrected chi connectivity index (χ1v) is 18.9. The van der Waals surface area contributed by atoms with E-state index in [1.54, 1.807) is 48.7 Å². The predicted molar refractivity (Wildman–Crippen MR) is 204 cm³/mol. The minimum absolute atomic E-state index is 0.0457. The van der Waals surface area contributed by atoms with Crippen molar-refractivity contribution in [2.45, 2.75) is 57.4 Å². The SMILES string of the molecule is C[C@@H](C(=O)Nc1ccc(Cl)c(OCCOCCNc2cccc3c2C(=O)N(C2CCC(=O)NC2=O)C3=O)c1)C1CCC(c2ccnc3ccc(F)cc23)CC1. The van der Waals surface area contributed by atoms with Gasteiger partial charge in [-0.15, -0.1) is 0 Å². The lowest BCUT2D eigenvalue weighted by atomic mass is 9.73. The van der Waals surface area contributed by atoms with Gasteiger partial charge < -0.3 is 20.1 Å². The molecule has 1 saturated carbocycles. The number of imide groups is 2. The van der Waals surface area contributed by atoms with Gasteiger partial charge in [0.25, 0.3) is 11.8 Å². The number of benzene rings is 3. The van der Waals surface area contributed by atoms with Gasteiger partial charge in [-0.3, -0.25) is 39.2 Å². The summed E-state index contributed by atoms with van der Waals surface area (Å²) in [5.74, 6) is -1.91. The van der Waals surface area contributed by atoms with Crippen LogP contribution < -0.4 is 20.7 Å². The molecule has 0 radical (unpaired) electrons. The molecule has 286 valence electrons. The number of piperidine rings is 1. The molecule has 0 bridgehead atoms. The van der Waals surface area contributed by atoms with Crippen LogP contribution >= 0.6 is 11.6 Å². The summed E-state index contributed by atoms with van der Waals surface area (Å²) in [4.78, 5) is 68.9. The van der Waals surface area contributed by atoms with Crippen LogP contribution in [0.5, 0.6) is 5.75 Å². The molecule has 2 fully saturated rings. The topological polar surface area (TPSA) is 156 Å². The Hall–Kier alpha value is -5.40. The summed E-state index contributed by atoms with van der Waals surface area (Å²) in [5.41, 5.74) is 3.28. The molecule has 3 aromatic carbocycles. The summed E-state index contributed by atoms with van der Waals surface area (Å²) in [7, 11) is 0. The number of aromatic nitrogens is 1. The van der Waals surface area contributed by atoms with Crippen LogP contribution in [-0.2, 0) is 19.1 Å². The van der Waals surface area contributed by atoms with E-state index in [1.165, 1.54) is 12.1 Å². The molecule has 0 spiro atoms. The van der Waals surface area contributed by atoms with Gasteiger partial charge in [-0.25, -0.2) is 4.39 Å². The Bertz CT molecular complexity index is 2160. The molecule has 3 heterocycles. The summed E-state index contributed by atoms with van der Waals surface area (Å²) < 4.78 is 25.6. The monoisotopic (exact) mass is 769 g/mol. The Labute approximate surface area is 322 Å². The summed E-state index contributed by atoms with van der Waals surface area (Å²) in [6, 6.07) is 15.6. The van der Waals surface area contributed by atoms with Gasteiger partial charge in [0.1, 0.15) is 24.2 Å². The van der Waals surface area contributed by atoms with E-state index < -0.39 is 29.7 Å². The highest BCUT2D eigenvalue weighted by molar-refractivity contribution is 6.32. The summed E-state index contributed by atoms with van der Waals surface area (Å²) in [6.45, 7) is 2.94. The molecular weight excluding hydrogens is 729 g/mol. The van der Waals surface area contributed by atoms with E-state index in [2.05, 4.69) is 20.9 Å². The molecular formula is C41H41ClFN5O7. The van der Waals surface area contributed by atoms with E-state index in [0.29, 0.717) is 28.7 Å². The molecule has 1 aromatic heterocycles. The summed E-state index contributed by atoms with van der Waals surface area (Å²) in [6.07, 6.45) is 5.50. The van der Waals surface area contributed by atoms with Crippen molar-refractivity contribution in [3.63, 3.8) is 0 Å². The van der Waals surface area contributed by atoms with Crippen LogP contribution in [0.3, 0.4) is 0 Å². The van der Waals surface area contributed by atoms with E-state index in [9.17, 15) is 28.4 Å². The Morgan fingerprint density at radius 3 is 2.60 bits per heavy atom. The van der Waals surface area contributed by atoms with Gasteiger partial charge in [0.05, 0.1) is 34.9 Å². The third-order valence-corrected chi connectivity index (χ3v) is 11.1. The van der Waals surface area contributed by atoms with E-state index in [1.807, 2.05) is 13.0 Å². The number of anilines is 2. The first kappa shape index (κ1) is 37.9. The smallest absolute Gasteiger partial charge is 0.264 e. The van der Waals surface area contributed by atoms with Gasteiger partial charge in [0.2, 0.25) is 17.7 Å². The lowest BCUT2D eigenvalue weighted by molar-refractivity contribution is -0.136. The quantitative estimate of drug-likeness (QED) is 0.102. The average Bonchev–Trinajstić information content (AvgIpc) is 3.44. The molecule has 55 heavy (non-hydrogen) atoms. The van der Waals surface area contributed by atoms with Gasteiger partial charge in [-0.05, 0) is 98.0 Å². The Morgan fingerprint density at radius 1 is 0.982 bits per heavy atom. The van der Waals surface area contributed by atoms with Crippen LogP contribution in [0.25, 0.3) is 10.9 Å². The number of amides is 5. The third kappa shape index (κ3) is 8.18. The Morgan fingerprint density at radius 2 is 1.80 bits per heavy atom. The maximum Gasteiger partial charge on any atom is 0.264 e. The number of nitrogens with zero attached hydrogens (tertiary/aromatic N) is 2. The van der Waals surface area contributed by atoms with Crippen LogP contribution in [0.4, 0.5) is 15.8 Å². The number of nitrogens with one attached hydrogen (secondary N) is 3. The highest BCUT2D eigenvalue weighted by Crippen LogP contribution is 2.41. The Kier molecular flexibility index (Phi) is 11.4. The highest BCUT2D eigenvalue weighted by atomic mass is 35.5. The maximum absolute atomic E-state index is 14.0. The number of ether oxygens (including phenoxy) is 2. The standard InChI is InChI=1S/C41H41ClFN5O7/c1-23(24-5-7-25(8-6-24)28-15-16-44-32-12-9-26(43)21-30(28)32)38(50)46-27-10-11-31(42)35(22-27)55-20-19-54-18-17-45-33-4-2-3-29-37(33)41(53)48(40(29)52)34-13-14-36(49)47-39(34)51/h2-4,9-12,15-16,21-25,34,45H,5-8,13-14,17-20H2,1H3,(H,46,50)(H,47,49,51)/t23-,24?,25?,34?/m1/s1. The number of hydrogen-bond acceptors (Lipinski definition) is 9. The van der Waals surface area contributed by atoms with E-state index in [4.69, 9.17) is 21.1 Å². The fraction of sp³-hybridized carbons (Fsp3) is 0.366. The number of carbonyl (C=O) groups excluding carboxylic acids is 5. The van der Waals surface area contributed by atoms with Crippen LogP contribution in [0.1, 0.15) is 77.6 Å². The molecule has 1 unspecified atom stereocenters. The fourth-order valence-electron chi connectivity index (χ4n) is 7.82. The molecule has 4 aromatic rings. The molecule has 7 rings (SSSR count). The number of pyridine rings is 1. The summed E-state index contributed by atoms with van der Waals surface area (Å²) >= 11 is 6.39. The lowest BCUT2D eigenvalue weighted by Gasteiger charge is -2.32. The minimum Gasteiger partial charge on any atom is -0.490 e. The molecule has 3 N–H and O–H groups in total. The zero-order valence-electron chi connectivity index (χ0n) is 30.2. The second kappa shape index (κ2) is 16.5. The van der Waals surface area contributed by atoms with Crippen molar-refractivity contribution in [2.75, 3.05) is 37.0 Å².